The van der Waals surface area contributed by atoms with Crippen LogP contribution in [0, 0.1) is 6.92 Å². The first-order valence-corrected chi connectivity index (χ1v) is 7.05. The number of hydrogen-bond acceptors (Lipinski definition) is 2. The fourth-order valence-electron chi connectivity index (χ4n) is 2.48. The van der Waals surface area contributed by atoms with Gasteiger partial charge in [-0.25, -0.2) is 0 Å². The van der Waals surface area contributed by atoms with Crippen molar-refractivity contribution in [1.29, 1.82) is 0 Å². The molecule has 1 aliphatic heterocycles. The number of carbonyl (C=O) groups excluding carboxylic acids is 1. The molecule has 0 fully saturated rings. The van der Waals surface area contributed by atoms with Gasteiger partial charge in [-0.15, -0.1) is 0 Å². The normalized spacial score (nSPS) is 15.0. The Bertz CT molecular complexity index is 732. The van der Waals surface area contributed by atoms with Gasteiger partial charge in [0.05, 0.1) is 12.3 Å². The average molecular weight is 279 g/mol. The maximum absolute atomic E-state index is 12.2. The Morgan fingerprint density at radius 1 is 1.19 bits per heavy atom. The Balaban J connectivity index is 2.03. The van der Waals surface area contributed by atoms with Crippen molar-refractivity contribution in [2.75, 3.05) is 11.9 Å². The van der Waals surface area contributed by atoms with Crippen LogP contribution in [0.2, 0.25) is 0 Å². The number of benzene rings is 2. The lowest BCUT2D eigenvalue weighted by Gasteiger charge is -2.05. The van der Waals surface area contributed by atoms with Gasteiger partial charge in [0.1, 0.15) is 5.75 Å². The standard InChI is InChI=1S/C18H17NO2/c1-3-21-14-8-9-15-16(18(20)19-17(15)11-14)10-13-7-5-4-6-12(13)2/h4-11H,3H2,1-2H3,(H,19,20)/b16-10+. The molecule has 0 aliphatic carbocycles. The Hall–Kier alpha value is -2.55. The van der Waals surface area contributed by atoms with Gasteiger partial charge in [0, 0.05) is 17.2 Å². The smallest absolute Gasteiger partial charge is 0.256 e. The Morgan fingerprint density at radius 2 is 2.00 bits per heavy atom. The molecule has 106 valence electrons. The van der Waals surface area contributed by atoms with E-state index in [2.05, 4.69) is 5.32 Å². The Labute approximate surface area is 124 Å². The van der Waals surface area contributed by atoms with E-state index in [1.165, 1.54) is 0 Å². The van der Waals surface area contributed by atoms with Gasteiger partial charge in [-0.05, 0) is 43.2 Å². The van der Waals surface area contributed by atoms with Crippen LogP contribution in [-0.2, 0) is 4.79 Å². The number of fused-ring (bicyclic) bond motifs is 1. The van der Waals surface area contributed by atoms with Crippen molar-refractivity contribution in [3.63, 3.8) is 0 Å². The predicted molar refractivity (Wildman–Crippen MR) is 85.3 cm³/mol. The number of amides is 1. The van der Waals surface area contributed by atoms with Crippen molar-refractivity contribution >= 4 is 23.2 Å². The van der Waals surface area contributed by atoms with Crippen LogP contribution >= 0.6 is 0 Å². The summed E-state index contributed by atoms with van der Waals surface area (Å²) in [6.45, 7) is 4.59. The second-order valence-corrected chi connectivity index (χ2v) is 5.01. The summed E-state index contributed by atoms with van der Waals surface area (Å²) in [5, 5.41) is 2.90. The van der Waals surface area contributed by atoms with Gasteiger partial charge in [-0.2, -0.15) is 0 Å². The first-order chi connectivity index (χ1) is 10.2. The Kier molecular flexibility index (Phi) is 3.48. The van der Waals surface area contributed by atoms with Crippen LogP contribution in [-0.4, -0.2) is 12.5 Å². The number of nitrogens with one attached hydrogen (secondary N) is 1. The summed E-state index contributed by atoms with van der Waals surface area (Å²) in [7, 11) is 0. The quantitative estimate of drug-likeness (QED) is 0.866. The van der Waals surface area contributed by atoms with Gasteiger partial charge >= 0.3 is 0 Å². The molecule has 1 N–H and O–H groups in total. The number of carbonyl (C=O) groups is 1. The van der Waals surface area contributed by atoms with Crippen LogP contribution in [0.4, 0.5) is 5.69 Å². The van der Waals surface area contributed by atoms with E-state index < -0.39 is 0 Å². The topological polar surface area (TPSA) is 38.3 Å². The molecule has 0 radical (unpaired) electrons. The highest BCUT2D eigenvalue weighted by atomic mass is 16.5. The highest BCUT2D eigenvalue weighted by Crippen LogP contribution is 2.35. The molecule has 1 aliphatic rings. The molecule has 3 rings (SSSR count). The molecule has 0 spiro atoms. The second-order valence-electron chi connectivity index (χ2n) is 5.01. The van der Waals surface area contributed by atoms with Gasteiger partial charge in [0.2, 0.25) is 0 Å². The number of anilines is 1. The van der Waals surface area contributed by atoms with Crippen molar-refractivity contribution in [3.8, 4) is 5.75 Å². The lowest BCUT2D eigenvalue weighted by atomic mass is 10.0. The third kappa shape index (κ3) is 2.55. The van der Waals surface area contributed by atoms with Crippen molar-refractivity contribution in [2.45, 2.75) is 13.8 Å². The highest BCUT2D eigenvalue weighted by molar-refractivity contribution is 6.35. The molecule has 1 amide bonds. The van der Waals surface area contributed by atoms with Crippen molar-refractivity contribution in [3.05, 3.63) is 59.2 Å². The molecule has 2 aromatic rings. The minimum absolute atomic E-state index is 0.0677. The molecule has 1 heterocycles. The molecular formula is C18H17NO2. The summed E-state index contributed by atoms with van der Waals surface area (Å²) >= 11 is 0. The van der Waals surface area contributed by atoms with Crippen LogP contribution in [0.15, 0.2) is 42.5 Å². The first kappa shape index (κ1) is 13.4. The Morgan fingerprint density at radius 3 is 2.76 bits per heavy atom. The van der Waals surface area contributed by atoms with E-state index in [9.17, 15) is 4.79 Å². The largest absolute Gasteiger partial charge is 0.494 e. The molecule has 0 atom stereocenters. The first-order valence-electron chi connectivity index (χ1n) is 7.05. The zero-order chi connectivity index (χ0) is 14.8. The van der Waals surface area contributed by atoms with Crippen molar-refractivity contribution < 1.29 is 9.53 Å². The molecule has 2 aromatic carbocycles. The van der Waals surface area contributed by atoms with Crippen LogP contribution in [0.3, 0.4) is 0 Å². The van der Waals surface area contributed by atoms with Gasteiger partial charge < -0.3 is 10.1 Å². The van der Waals surface area contributed by atoms with E-state index in [-0.39, 0.29) is 5.91 Å². The van der Waals surface area contributed by atoms with E-state index in [4.69, 9.17) is 4.74 Å². The third-order valence-corrected chi connectivity index (χ3v) is 3.57. The van der Waals surface area contributed by atoms with E-state index >= 15 is 0 Å². The summed E-state index contributed by atoms with van der Waals surface area (Å²) in [6, 6.07) is 13.7. The fraction of sp³-hybridized carbons (Fsp3) is 0.167. The monoisotopic (exact) mass is 279 g/mol. The lowest BCUT2D eigenvalue weighted by Crippen LogP contribution is -2.03. The fourth-order valence-corrected chi connectivity index (χ4v) is 2.48. The average Bonchev–Trinajstić information content (AvgIpc) is 2.77. The van der Waals surface area contributed by atoms with Gasteiger partial charge in [-0.3, -0.25) is 4.79 Å². The number of ether oxygens (including phenoxy) is 1. The van der Waals surface area contributed by atoms with Gasteiger partial charge in [0.15, 0.2) is 0 Å². The summed E-state index contributed by atoms with van der Waals surface area (Å²) in [5.41, 5.74) is 4.64. The highest BCUT2D eigenvalue weighted by Gasteiger charge is 2.24. The maximum atomic E-state index is 12.2. The van der Waals surface area contributed by atoms with E-state index in [1.807, 2.05) is 62.4 Å². The molecule has 0 bridgehead atoms. The van der Waals surface area contributed by atoms with Crippen LogP contribution in [0.5, 0.6) is 5.75 Å². The number of hydrogen-bond donors (Lipinski definition) is 1. The van der Waals surface area contributed by atoms with E-state index in [1.54, 1.807) is 0 Å². The zero-order valence-electron chi connectivity index (χ0n) is 12.1. The zero-order valence-corrected chi connectivity index (χ0v) is 12.1. The van der Waals surface area contributed by atoms with Crippen LogP contribution in [0.1, 0.15) is 23.6 Å². The van der Waals surface area contributed by atoms with E-state index in [0.717, 1.165) is 28.1 Å². The minimum atomic E-state index is -0.0677. The minimum Gasteiger partial charge on any atom is -0.494 e. The predicted octanol–water partition coefficient (Wildman–Crippen LogP) is 3.89. The number of rotatable bonds is 3. The molecule has 21 heavy (non-hydrogen) atoms. The SMILES string of the molecule is CCOc1ccc2c(c1)NC(=O)/C2=C/c1ccccc1C. The molecular weight excluding hydrogens is 262 g/mol. The van der Waals surface area contributed by atoms with Gasteiger partial charge in [0.25, 0.3) is 5.91 Å². The molecule has 0 unspecified atom stereocenters. The maximum Gasteiger partial charge on any atom is 0.256 e. The van der Waals surface area contributed by atoms with Crippen molar-refractivity contribution in [1.82, 2.24) is 0 Å². The summed E-state index contributed by atoms with van der Waals surface area (Å²) < 4.78 is 5.47. The van der Waals surface area contributed by atoms with Crippen molar-refractivity contribution in [2.24, 2.45) is 0 Å². The molecule has 3 nitrogen and oxygen atoms in total. The molecule has 3 heteroatoms. The van der Waals surface area contributed by atoms with Crippen LogP contribution in [0.25, 0.3) is 11.6 Å². The van der Waals surface area contributed by atoms with E-state index in [0.29, 0.717) is 12.2 Å². The van der Waals surface area contributed by atoms with Crippen LogP contribution < -0.4 is 10.1 Å². The second kappa shape index (κ2) is 5.44. The number of aryl methyl sites for hydroxylation is 1. The summed E-state index contributed by atoms with van der Waals surface area (Å²) in [6.07, 6.45) is 1.94. The van der Waals surface area contributed by atoms with Gasteiger partial charge in [-0.1, -0.05) is 24.3 Å². The summed E-state index contributed by atoms with van der Waals surface area (Å²) in [4.78, 5) is 12.2. The molecule has 0 aromatic heterocycles. The molecule has 0 saturated carbocycles. The third-order valence-electron chi connectivity index (χ3n) is 3.57. The lowest BCUT2D eigenvalue weighted by molar-refractivity contribution is -0.110. The summed E-state index contributed by atoms with van der Waals surface area (Å²) in [5.74, 6) is 0.704. The molecule has 0 saturated heterocycles.